The quantitative estimate of drug-likeness (QED) is 0.357. The minimum atomic E-state index is -3.39. The number of rotatable bonds is 9. The Bertz CT molecular complexity index is 654. The molecule has 1 unspecified atom stereocenters. The van der Waals surface area contributed by atoms with Gasteiger partial charge in [-0.25, -0.2) is 13.1 Å². The summed E-state index contributed by atoms with van der Waals surface area (Å²) < 4.78 is 32.6. The Morgan fingerprint density at radius 1 is 1.17 bits per heavy atom. The highest BCUT2D eigenvalue weighted by Gasteiger charge is 2.42. The topological polar surface area (TPSA) is 112 Å². The molecule has 1 atom stereocenters. The molecule has 0 bridgehead atoms. The Balaban J connectivity index is 1.75. The lowest BCUT2D eigenvalue weighted by Crippen LogP contribution is -2.50. The zero-order valence-corrected chi connectivity index (χ0v) is 18.8. The molecule has 9 nitrogen and oxygen atoms in total. The van der Waals surface area contributed by atoms with Crippen LogP contribution in [0.15, 0.2) is 4.99 Å². The number of amides is 1. The summed E-state index contributed by atoms with van der Waals surface area (Å²) in [5, 5.41) is 6.25. The number of nitrogens with zero attached hydrogens (tertiary/aromatic N) is 2. The van der Waals surface area contributed by atoms with Gasteiger partial charge in [-0.1, -0.05) is 12.8 Å². The van der Waals surface area contributed by atoms with E-state index < -0.39 is 15.4 Å². The van der Waals surface area contributed by atoms with E-state index in [1.165, 1.54) is 0 Å². The molecule has 1 amide bonds. The van der Waals surface area contributed by atoms with E-state index in [-0.39, 0.29) is 24.3 Å². The van der Waals surface area contributed by atoms with Crippen molar-refractivity contribution in [3.63, 3.8) is 0 Å². The summed E-state index contributed by atoms with van der Waals surface area (Å²) >= 11 is 0. The highest BCUT2D eigenvalue weighted by molar-refractivity contribution is 7.89. The zero-order chi connectivity index (χ0) is 21.3. The van der Waals surface area contributed by atoms with Crippen molar-refractivity contribution in [3.05, 3.63) is 0 Å². The van der Waals surface area contributed by atoms with Crippen LogP contribution in [0.4, 0.5) is 0 Å². The fourth-order valence-electron chi connectivity index (χ4n) is 4.03. The van der Waals surface area contributed by atoms with Gasteiger partial charge in [-0.05, 0) is 32.1 Å². The second-order valence-corrected chi connectivity index (χ2v) is 10.1. The Morgan fingerprint density at radius 3 is 2.48 bits per heavy atom. The lowest BCUT2D eigenvalue weighted by Gasteiger charge is -2.31. The number of hydrogen-bond donors (Lipinski definition) is 3. The first kappa shape index (κ1) is 23.9. The van der Waals surface area contributed by atoms with Crippen LogP contribution in [0.3, 0.4) is 0 Å². The number of hydrogen-bond acceptors (Lipinski definition) is 5. The molecule has 29 heavy (non-hydrogen) atoms. The first-order valence-corrected chi connectivity index (χ1v) is 12.2. The van der Waals surface area contributed by atoms with Gasteiger partial charge in [-0.3, -0.25) is 9.79 Å². The molecular weight excluding hydrogens is 394 g/mol. The summed E-state index contributed by atoms with van der Waals surface area (Å²) in [6.45, 7) is 1.75. The van der Waals surface area contributed by atoms with E-state index in [9.17, 15) is 13.2 Å². The number of carbonyl (C=O) groups is 1. The van der Waals surface area contributed by atoms with E-state index >= 15 is 0 Å². The van der Waals surface area contributed by atoms with Crippen LogP contribution in [0.1, 0.15) is 44.9 Å². The van der Waals surface area contributed by atoms with Crippen molar-refractivity contribution < 1.29 is 17.9 Å². The monoisotopic (exact) mass is 431 g/mol. The molecule has 2 rings (SSSR count). The molecule has 1 saturated carbocycles. The maximum Gasteiger partial charge on any atom is 0.230 e. The highest BCUT2D eigenvalue weighted by atomic mass is 32.2. The van der Waals surface area contributed by atoms with Crippen molar-refractivity contribution in [2.45, 2.75) is 51.0 Å². The van der Waals surface area contributed by atoms with Gasteiger partial charge >= 0.3 is 0 Å². The minimum absolute atomic E-state index is 0.0299. The van der Waals surface area contributed by atoms with Crippen molar-refractivity contribution in [2.24, 2.45) is 10.4 Å². The predicted molar refractivity (Wildman–Crippen MR) is 114 cm³/mol. The van der Waals surface area contributed by atoms with E-state index in [2.05, 4.69) is 20.3 Å². The second-order valence-electron chi connectivity index (χ2n) is 8.20. The van der Waals surface area contributed by atoms with Crippen molar-refractivity contribution in [2.75, 3.05) is 53.1 Å². The van der Waals surface area contributed by atoms with Crippen LogP contribution in [-0.4, -0.2) is 84.4 Å². The van der Waals surface area contributed by atoms with Gasteiger partial charge < -0.3 is 20.3 Å². The summed E-state index contributed by atoms with van der Waals surface area (Å²) in [7, 11) is 1.82. The number of guanidine groups is 1. The molecule has 0 aromatic rings. The molecule has 3 N–H and O–H groups in total. The van der Waals surface area contributed by atoms with Crippen LogP contribution in [-0.2, 0) is 19.6 Å². The van der Waals surface area contributed by atoms with Crippen LogP contribution in [0, 0.1) is 5.41 Å². The minimum Gasteiger partial charge on any atom is -0.377 e. The standard InChI is InChI=1S/C19H37N5O4S/c1-20-18(22-15-19(9-5-6-10-19)17(25)24(2)3)21-11-13-29(26,27)23-14-16-8-4-7-12-28-16/h16,23H,4-15H2,1-3H3,(H2,20,21,22). The molecule has 1 saturated heterocycles. The molecule has 1 aliphatic heterocycles. The first-order valence-electron chi connectivity index (χ1n) is 10.5. The van der Waals surface area contributed by atoms with E-state index in [0.717, 1.165) is 44.9 Å². The van der Waals surface area contributed by atoms with Gasteiger partial charge in [0.15, 0.2) is 5.96 Å². The predicted octanol–water partition coefficient (Wildman–Crippen LogP) is 0.289. The van der Waals surface area contributed by atoms with E-state index in [1.54, 1.807) is 26.0 Å². The summed E-state index contributed by atoms with van der Waals surface area (Å²) in [5.74, 6) is 0.589. The lowest BCUT2D eigenvalue weighted by molar-refractivity contribution is -0.138. The maximum atomic E-state index is 12.6. The van der Waals surface area contributed by atoms with Gasteiger partial charge in [-0.15, -0.1) is 0 Å². The normalized spacial score (nSPS) is 22.3. The first-order chi connectivity index (χ1) is 13.8. The van der Waals surface area contributed by atoms with Gasteiger partial charge in [0.25, 0.3) is 0 Å². The summed E-state index contributed by atoms with van der Waals surface area (Å²) in [6.07, 6.45) is 6.78. The second kappa shape index (κ2) is 11.1. The Labute approximate surface area is 175 Å². The summed E-state index contributed by atoms with van der Waals surface area (Å²) in [6, 6.07) is 0. The molecule has 2 aliphatic rings. The summed E-state index contributed by atoms with van der Waals surface area (Å²) in [5.41, 5.74) is -0.408. The Hall–Kier alpha value is -1.39. The van der Waals surface area contributed by atoms with Crippen LogP contribution in [0.2, 0.25) is 0 Å². The third-order valence-electron chi connectivity index (χ3n) is 5.71. The SMILES string of the molecule is CN=C(NCCS(=O)(=O)NCC1CCCCO1)NCC1(C(=O)N(C)C)CCCC1. The number of aliphatic imine (C=N–C) groups is 1. The third kappa shape index (κ3) is 7.42. The Morgan fingerprint density at radius 2 is 1.90 bits per heavy atom. The maximum absolute atomic E-state index is 12.6. The van der Waals surface area contributed by atoms with Gasteiger partial charge in [-0.2, -0.15) is 0 Å². The van der Waals surface area contributed by atoms with Crippen LogP contribution in [0.5, 0.6) is 0 Å². The molecule has 0 aromatic carbocycles. The van der Waals surface area contributed by atoms with Crippen LogP contribution < -0.4 is 15.4 Å². The molecule has 2 fully saturated rings. The van der Waals surface area contributed by atoms with Crippen molar-refractivity contribution in [1.29, 1.82) is 0 Å². The van der Waals surface area contributed by atoms with Crippen LogP contribution in [0.25, 0.3) is 0 Å². The molecule has 0 spiro atoms. The lowest BCUT2D eigenvalue weighted by atomic mass is 9.84. The molecule has 10 heteroatoms. The summed E-state index contributed by atoms with van der Waals surface area (Å²) in [4.78, 5) is 18.5. The van der Waals surface area contributed by atoms with Crippen molar-refractivity contribution in [3.8, 4) is 0 Å². The molecule has 1 aliphatic carbocycles. The molecular formula is C19H37N5O4S. The highest BCUT2D eigenvalue weighted by Crippen LogP contribution is 2.38. The van der Waals surface area contributed by atoms with Gasteiger partial charge in [0, 0.05) is 47.4 Å². The van der Waals surface area contributed by atoms with Gasteiger partial charge in [0.1, 0.15) is 0 Å². The van der Waals surface area contributed by atoms with Crippen molar-refractivity contribution >= 4 is 21.9 Å². The van der Waals surface area contributed by atoms with Crippen molar-refractivity contribution in [1.82, 2.24) is 20.3 Å². The fourth-order valence-corrected chi connectivity index (χ4v) is 4.99. The van der Waals surface area contributed by atoms with Crippen LogP contribution >= 0.6 is 0 Å². The Kier molecular flexibility index (Phi) is 9.16. The average Bonchev–Trinajstić information content (AvgIpc) is 3.19. The smallest absolute Gasteiger partial charge is 0.230 e. The average molecular weight is 432 g/mol. The largest absolute Gasteiger partial charge is 0.377 e. The number of ether oxygens (including phenoxy) is 1. The van der Waals surface area contributed by atoms with E-state index in [4.69, 9.17) is 4.74 Å². The number of carbonyl (C=O) groups excluding carboxylic acids is 1. The third-order valence-corrected chi connectivity index (χ3v) is 7.05. The molecule has 0 radical (unpaired) electrons. The zero-order valence-electron chi connectivity index (χ0n) is 18.0. The van der Waals surface area contributed by atoms with Gasteiger partial charge in [0.2, 0.25) is 15.9 Å². The molecule has 168 valence electrons. The molecule has 1 heterocycles. The fraction of sp³-hybridized carbons (Fsp3) is 0.895. The molecule has 0 aromatic heterocycles. The number of nitrogens with one attached hydrogen (secondary N) is 3. The van der Waals surface area contributed by atoms with E-state index in [0.29, 0.717) is 25.7 Å². The number of sulfonamides is 1. The van der Waals surface area contributed by atoms with E-state index in [1.807, 2.05) is 0 Å². The van der Waals surface area contributed by atoms with Gasteiger partial charge in [0.05, 0.1) is 17.3 Å².